The van der Waals surface area contributed by atoms with Gasteiger partial charge in [-0.25, -0.2) is 4.79 Å². The van der Waals surface area contributed by atoms with E-state index in [1.165, 1.54) is 6.92 Å². The number of aromatic nitrogens is 1. The Hall–Kier alpha value is -1.51. The van der Waals surface area contributed by atoms with Gasteiger partial charge < -0.3 is 14.2 Å². The molecule has 0 spiro atoms. The molecule has 9 heteroatoms. The largest absolute Gasteiger partial charge is 0.573 e. The second kappa shape index (κ2) is 6.78. The van der Waals surface area contributed by atoms with Gasteiger partial charge in [-0.3, -0.25) is 4.98 Å². The molecule has 0 saturated heterocycles. The Balaban J connectivity index is 3.39. The SMILES string of the molecule is CCOC(=O)c1cnc(CBr)c(OC)c1OC(F)(F)F. The van der Waals surface area contributed by atoms with Crippen molar-refractivity contribution in [1.82, 2.24) is 4.98 Å². The summed E-state index contributed by atoms with van der Waals surface area (Å²) in [6.07, 6.45) is -4.02. The summed E-state index contributed by atoms with van der Waals surface area (Å²) in [5, 5.41) is 0.132. The summed E-state index contributed by atoms with van der Waals surface area (Å²) in [5.41, 5.74) is -0.287. The first-order chi connectivity index (χ1) is 9.34. The minimum Gasteiger partial charge on any atom is -0.491 e. The van der Waals surface area contributed by atoms with Crippen molar-refractivity contribution in [3.63, 3.8) is 0 Å². The molecule has 0 aromatic carbocycles. The van der Waals surface area contributed by atoms with Gasteiger partial charge in [-0.1, -0.05) is 15.9 Å². The molecule has 112 valence electrons. The lowest BCUT2D eigenvalue weighted by molar-refractivity contribution is -0.275. The van der Waals surface area contributed by atoms with E-state index < -0.39 is 23.6 Å². The highest BCUT2D eigenvalue weighted by molar-refractivity contribution is 9.08. The molecule has 0 saturated carbocycles. The molecule has 0 aliphatic rings. The summed E-state index contributed by atoms with van der Waals surface area (Å²) in [5.74, 6) is -2.01. The summed E-state index contributed by atoms with van der Waals surface area (Å²) in [4.78, 5) is 15.5. The van der Waals surface area contributed by atoms with Crippen molar-refractivity contribution < 1.29 is 32.2 Å². The van der Waals surface area contributed by atoms with E-state index >= 15 is 0 Å². The van der Waals surface area contributed by atoms with Crippen LogP contribution < -0.4 is 9.47 Å². The van der Waals surface area contributed by atoms with Crippen LogP contribution in [0.25, 0.3) is 0 Å². The quantitative estimate of drug-likeness (QED) is 0.598. The van der Waals surface area contributed by atoms with Crippen LogP contribution in [-0.2, 0) is 10.1 Å². The smallest absolute Gasteiger partial charge is 0.491 e. The zero-order valence-corrected chi connectivity index (χ0v) is 12.2. The van der Waals surface area contributed by atoms with Crippen LogP contribution in [0.2, 0.25) is 0 Å². The third-order valence-corrected chi connectivity index (χ3v) is 2.64. The predicted octanol–water partition coefficient (Wildman–Crippen LogP) is 3.06. The maximum Gasteiger partial charge on any atom is 0.573 e. The van der Waals surface area contributed by atoms with Crippen molar-refractivity contribution in [3.05, 3.63) is 17.5 Å². The number of carbonyl (C=O) groups excluding carboxylic acids is 1. The summed E-state index contributed by atoms with van der Waals surface area (Å²) in [6, 6.07) is 0. The Bertz CT molecular complexity index is 493. The lowest BCUT2D eigenvalue weighted by Gasteiger charge is -2.17. The third kappa shape index (κ3) is 3.99. The molecule has 0 atom stereocenters. The second-order valence-corrected chi connectivity index (χ2v) is 3.94. The predicted molar refractivity (Wildman–Crippen MR) is 66.1 cm³/mol. The van der Waals surface area contributed by atoms with Crippen molar-refractivity contribution >= 4 is 21.9 Å². The van der Waals surface area contributed by atoms with Gasteiger partial charge >= 0.3 is 12.3 Å². The topological polar surface area (TPSA) is 57.7 Å². The molecule has 5 nitrogen and oxygen atoms in total. The van der Waals surface area contributed by atoms with E-state index in [4.69, 9.17) is 4.74 Å². The molecule has 0 aliphatic heterocycles. The van der Waals surface area contributed by atoms with Gasteiger partial charge in [0.15, 0.2) is 11.5 Å². The van der Waals surface area contributed by atoms with Gasteiger partial charge in [-0.15, -0.1) is 13.2 Å². The highest BCUT2D eigenvalue weighted by atomic mass is 79.9. The fourth-order valence-electron chi connectivity index (χ4n) is 1.39. The zero-order valence-electron chi connectivity index (χ0n) is 10.6. The number of carbonyl (C=O) groups is 1. The van der Waals surface area contributed by atoms with Crippen molar-refractivity contribution in [2.24, 2.45) is 0 Å². The summed E-state index contributed by atoms with van der Waals surface area (Å²) < 4.78 is 50.8. The Morgan fingerprint density at radius 3 is 2.50 bits per heavy atom. The van der Waals surface area contributed by atoms with Gasteiger partial charge in [-0.05, 0) is 6.92 Å². The summed E-state index contributed by atoms with van der Waals surface area (Å²) >= 11 is 3.06. The number of esters is 1. The molecular formula is C11H11BrF3NO4. The van der Waals surface area contributed by atoms with Crippen LogP contribution in [0, 0.1) is 0 Å². The van der Waals surface area contributed by atoms with Crippen LogP contribution in [0.3, 0.4) is 0 Å². The Morgan fingerprint density at radius 1 is 1.40 bits per heavy atom. The van der Waals surface area contributed by atoms with E-state index in [1.54, 1.807) is 0 Å². The monoisotopic (exact) mass is 357 g/mol. The van der Waals surface area contributed by atoms with Crippen LogP contribution in [-0.4, -0.2) is 31.0 Å². The Labute approximate surface area is 121 Å². The number of alkyl halides is 4. The Kier molecular flexibility index (Phi) is 5.61. The number of nitrogens with zero attached hydrogens (tertiary/aromatic N) is 1. The molecule has 1 aromatic rings. The molecule has 20 heavy (non-hydrogen) atoms. The highest BCUT2D eigenvalue weighted by Crippen LogP contribution is 2.38. The molecule has 0 bridgehead atoms. The molecular weight excluding hydrogens is 347 g/mol. The Morgan fingerprint density at radius 2 is 2.05 bits per heavy atom. The van der Waals surface area contributed by atoms with E-state index in [1.807, 2.05) is 0 Å². The molecule has 0 radical (unpaired) electrons. The standard InChI is InChI=1S/C11H11BrF3NO4/c1-3-19-10(17)6-5-16-7(4-12)9(18-2)8(6)20-11(13,14)15/h5H,3-4H2,1-2H3. The third-order valence-electron chi connectivity index (χ3n) is 2.11. The number of ether oxygens (including phenoxy) is 3. The number of hydrogen-bond acceptors (Lipinski definition) is 5. The van der Waals surface area contributed by atoms with Crippen molar-refractivity contribution in [2.45, 2.75) is 18.6 Å². The summed E-state index contributed by atoms with van der Waals surface area (Å²) in [6.45, 7) is 1.53. The van der Waals surface area contributed by atoms with E-state index in [-0.39, 0.29) is 23.4 Å². The van der Waals surface area contributed by atoms with E-state index in [0.29, 0.717) is 0 Å². The van der Waals surface area contributed by atoms with Crippen LogP contribution >= 0.6 is 15.9 Å². The lowest BCUT2D eigenvalue weighted by Crippen LogP contribution is -2.21. The van der Waals surface area contributed by atoms with Gasteiger partial charge in [0.05, 0.1) is 19.4 Å². The van der Waals surface area contributed by atoms with Gasteiger partial charge in [0.2, 0.25) is 0 Å². The van der Waals surface area contributed by atoms with Crippen LogP contribution in [0.1, 0.15) is 23.0 Å². The van der Waals surface area contributed by atoms with Gasteiger partial charge in [0.25, 0.3) is 0 Å². The first kappa shape index (κ1) is 16.5. The zero-order chi connectivity index (χ0) is 15.3. The van der Waals surface area contributed by atoms with Crippen LogP contribution in [0.15, 0.2) is 6.20 Å². The van der Waals surface area contributed by atoms with Gasteiger partial charge in [0.1, 0.15) is 5.56 Å². The van der Waals surface area contributed by atoms with Crippen LogP contribution in [0.4, 0.5) is 13.2 Å². The molecule has 0 unspecified atom stereocenters. The number of methoxy groups -OCH3 is 1. The first-order valence-electron chi connectivity index (χ1n) is 5.38. The van der Waals surface area contributed by atoms with Crippen molar-refractivity contribution in [1.29, 1.82) is 0 Å². The number of hydrogen-bond donors (Lipinski definition) is 0. The fraction of sp³-hybridized carbons (Fsp3) is 0.455. The number of halogens is 4. The minimum atomic E-state index is -4.97. The maximum absolute atomic E-state index is 12.5. The fourth-order valence-corrected chi connectivity index (χ4v) is 1.79. The average molecular weight is 358 g/mol. The van der Waals surface area contributed by atoms with E-state index in [9.17, 15) is 18.0 Å². The lowest BCUT2D eigenvalue weighted by atomic mass is 10.2. The molecule has 0 fully saturated rings. The number of rotatable bonds is 5. The molecule has 1 aromatic heterocycles. The van der Waals surface area contributed by atoms with Crippen molar-refractivity contribution in [3.8, 4) is 11.5 Å². The summed E-state index contributed by atoms with van der Waals surface area (Å²) in [7, 11) is 1.15. The first-order valence-corrected chi connectivity index (χ1v) is 6.50. The second-order valence-electron chi connectivity index (χ2n) is 3.38. The molecule has 1 heterocycles. The molecule has 0 amide bonds. The molecule has 1 rings (SSSR count). The van der Waals surface area contributed by atoms with E-state index in [2.05, 4.69) is 30.4 Å². The molecule has 0 aliphatic carbocycles. The number of pyridine rings is 1. The normalized spacial score (nSPS) is 11.1. The van der Waals surface area contributed by atoms with Crippen LogP contribution in [0.5, 0.6) is 11.5 Å². The van der Waals surface area contributed by atoms with Gasteiger partial charge in [0, 0.05) is 11.5 Å². The highest BCUT2D eigenvalue weighted by Gasteiger charge is 2.36. The average Bonchev–Trinajstić information content (AvgIpc) is 2.36. The molecule has 0 N–H and O–H groups in total. The minimum absolute atomic E-state index is 0.00675. The van der Waals surface area contributed by atoms with E-state index in [0.717, 1.165) is 13.3 Å². The maximum atomic E-state index is 12.5. The van der Waals surface area contributed by atoms with Crippen molar-refractivity contribution in [2.75, 3.05) is 13.7 Å². The van der Waals surface area contributed by atoms with Gasteiger partial charge in [-0.2, -0.15) is 0 Å².